The fourth-order valence-corrected chi connectivity index (χ4v) is 3.69. The second kappa shape index (κ2) is 8.77. The number of carbonyl (C=O) groups excluding carboxylic acids is 1. The first-order valence-corrected chi connectivity index (χ1v) is 9.52. The van der Waals surface area contributed by atoms with Crippen LogP contribution in [0.4, 0.5) is 0 Å². The van der Waals surface area contributed by atoms with Crippen molar-refractivity contribution in [3.63, 3.8) is 0 Å². The van der Waals surface area contributed by atoms with E-state index in [2.05, 4.69) is 21.2 Å². The summed E-state index contributed by atoms with van der Waals surface area (Å²) in [6.07, 6.45) is 0.224. The molecule has 3 rings (SSSR count). The summed E-state index contributed by atoms with van der Waals surface area (Å²) in [5, 5.41) is 24.0. The van der Waals surface area contributed by atoms with Crippen molar-refractivity contribution in [1.82, 2.24) is 10.4 Å². The minimum atomic E-state index is -0.531. The van der Waals surface area contributed by atoms with Crippen LogP contribution in [0.3, 0.4) is 0 Å². The highest BCUT2D eigenvalue weighted by molar-refractivity contribution is 9.10. The summed E-state index contributed by atoms with van der Waals surface area (Å²) in [5.41, 5.74) is 1.91. The Bertz CT molecular complexity index is 724. The van der Waals surface area contributed by atoms with Gasteiger partial charge in [-0.1, -0.05) is 58.4 Å². The molecular formula is C20H23BrN2O3. The SMILES string of the molecule is O=C(Cc1ccc(Br)cc1)N(O)C[C@H](c1ccccc1)C1CNC(O)C1. The number of nitrogens with zero attached hydrogens (tertiary/aromatic N) is 1. The van der Waals surface area contributed by atoms with E-state index in [9.17, 15) is 15.1 Å². The van der Waals surface area contributed by atoms with Crippen molar-refractivity contribution in [2.24, 2.45) is 5.92 Å². The summed E-state index contributed by atoms with van der Waals surface area (Å²) in [5.74, 6) is -0.220. The first-order valence-electron chi connectivity index (χ1n) is 8.73. The van der Waals surface area contributed by atoms with Crippen molar-refractivity contribution >= 4 is 21.8 Å². The van der Waals surface area contributed by atoms with Crippen molar-refractivity contribution in [3.8, 4) is 0 Å². The molecule has 2 aromatic carbocycles. The van der Waals surface area contributed by atoms with Gasteiger partial charge in [0.25, 0.3) is 0 Å². The highest BCUT2D eigenvalue weighted by Crippen LogP contribution is 2.31. The number of aliphatic hydroxyl groups is 1. The number of hydrogen-bond donors (Lipinski definition) is 3. The van der Waals surface area contributed by atoms with Crippen molar-refractivity contribution < 1.29 is 15.1 Å². The quantitative estimate of drug-likeness (QED) is 0.498. The fourth-order valence-electron chi connectivity index (χ4n) is 3.43. The second-order valence-corrected chi connectivity index (χ2v) is 7.63. The van der Waals surface area contributed by atoms with Gasteiger partial charge in [-0.05, 0) is 35.6 Å². The maximum atomic E-state index is 12.4. The standard InChI is InChI=1S/C20H23BrN2O3/c21-17-8-6-14(7-9-17)10-20(25)23(26)13-18(15-4-2-1-3-5-15)16-11-19(24)22-12-16/h1-9,16,18-19,22,24,26H,10-13H2/t16?,18-,19?/m1/s1. The highest BCUT2D eigenvalue weighted by atomic mass is 79.9. The van der Waals surface area contributed by atoms with Gasteiger partial charge in [0, 0.05) is 16.9 Å². The van der Waals surface area contributed by atoms with Crippen LogP contribution in [0.15, 0.2) is 59.1 Å². The zero-order valence-corrected chi connectivity index (χ0v) is 16.0. The normalized spacial score (nSPS) is 20.7. The lowest BCUT2D eigenvalue weighted by Crippen LogP contribution is -2.35. The zero-order valence-electron chi connectivity index (χ0n) is 14.4. The summed E-state index contributed by atoms with van der Waals surface area (Å²) in [6, 6.07) is 17.3. The minimum Gasteiger partial charge on any atom is -0.379 e. The van der Waals surface area contributed by atoms with Crippen LogP contribution < -0.4 is 5.32 Å². The van der Waals surface area contributed by atoms with Crippen LogP contribution in [0.25, 0.3) is 0 Å². The summed E-state index contributed by atoms with van der Waals surface area (Å²) in [4.78, 5) is 12.4. The number of halogens is 1. The second-order valence-electron chi connectivity index (χ2n) is 6.72. The smallest absolute Gasteiger partial charge is 0.250 e. The van der Waals surface area contributed by atoms with Gasteiger partial charge in [-0.15, -0.1) is 0 Å². The maximum absolute atomic E-state index is 12.4. The fraction of sp³-hybridized carbons (Fsp3) is 0.350. The lowest BCUT2D eigenvalue weighted by atomic mass is 9.85. The van der Waals surface area contributed by atoms with E-state index in [4.69, 9.17) is 0 Å². The highest BCUT2D eigenvalue weighted by Gasteiger charge is 2.32. The summed E-state index contributed by atoms with van der Waals surface area (Å²) in [6.45, 7) is 0.869. The third-order valence-electron chi connectivity index (χ3n) is 4.86. The molecule has 0 radical (unpaired) electrons. The Kier molecular flexibility index (Phi) is 6.43. The third-order valence-corrected chi connectivity index (χ3v) is 5.39. The lowest BCUT2D eigenvalue weighted by molar-refractivity contribution is -0.166. The van der Waals surface area contributed by atoms with Gasteiger partial charge in [-0.2, -0.15) is 0 Å². The summed E-state index contributed by atoms with van der Waals surface area (Å²) < 4.78 is 0.950. The van der Waals surface area contributed by atoms with E-state index in [0.29, 0.717) is 13.0 Å². The number of hydrogen-bond acceptors (Lipinski definition) is 4. The van der Waals surface area contributed by atoms with Crippen LogP contribution in [0, 0.1) is 5.92 Å². The van der Waals surface area contributed by atoms with Crippen molar-refractivity contribution in [3.05, 3.63) is 70.2 Å². The van der Waals surface area contributed by atoms with Crippen molar-refractivity contribution in [2.75, 3.05) is 13.1 Å². The van der Waals surface area contributed by atoms with Gasteiger partial charge < -0.3 is 5.11 Å². The topological polar surface area (TPSA) is 72.8 Å². The largest absolute Gasteiger partial charge is 0.379 e. The van der Waals surface area contributed by atoms with Gasteiger partial charge in [0.1, 0.15) is 6.23 Å². The number of amides is 1. The number of benzene rings is 2. The predicted octanol–water partition coefficient (Wildman–Crippen LogP) is 2.92. The Morgan fingerprint density at radius 2 is 1.88 bits per heavy atom. The van der Waals surface area contributed by atoms with Crippen LogP contribution in [0.2, 0.25) is 0 Å². The molecule has 1 aliphatic heterocycles. The van der Waals surface area contributed by atoms with Gasteiger partial charge in [0.05, 0.1) is 13.0 Å². The Morgan fingerprint density at radius 1 is 1.19 bits per heavy atom. The van der Waals surface area contributed by atoms with Gasteiger partial charge in [0.2, 0.25) is 5.91 Å². The molecule has 1 saturated heterocycles. The maximum Gasteiger partial charge on any atom is 0.250 e. The Hall–Kier alpha value is -1.73. The van der Waals surface area contributed by atoms with E-state index < -0.39 is 6.23 Å². The van der Waals surface area contributed by atoms with Crippen LogP contribution in [0.1, 0.15) is 23.5 Å². The number of rotatable bonds is 6. The number of carbonyl (C=O) groups is 1. The molecule has 0 bridgehead atoms. The molecule has 1 fully saturated rings. The monoisotopic (exact) mass is 418 g/mol. The average Bonchev–Trinajstić information content (AvgIpc) is 3.08. The molecule has 3 atom stereocenters. The summed E-state index contributed by atoms with van der Waals surface area (Å²) >= 11 is 3.37. The molecule has 6 heteroatoms. The molecule has 1 heterocycles. The van der Waals surface area contributed by atoms with Crippen molar-refractivity contribution in [1.29, 1.82) is 0 Å². The molecule has 1 aliphatic rings. The van der Waals surface area contributed by atoms with Crippen LogP contribution in [0.5, 0.6) is 0 Å². The molecule has 26 heavy (non-hydrogen) atoms. The third kappa shape index (κ3) is 4.92. The Labute approximate surface area is 161 Å². The van der Waals surface area contributed by atoms with Crippen LogP contribution >= 0.6 is 15.9 Å². The van der Waals surface area contributed by atoms with E-state index in [0.717, 1.165) is 20.7 Å². The molecule has 5 nitrogen and oxygen atoms in total. The summed E-state index contributed by atoms with van der Waals surface area (Å²) in [7, 11) is 0. The molecule has 138 valence electrons. The molecule has 2 unspecified atom stereocenters. The van der Waals surface area contributed by atoms with E-state index in [-0.39, 0.29) is 30.7 Å². The minimum absolute atomic E-state index is 0.0419. The van der Waals surface area contributed by atoms with Gasteiger partial charge in [0.15, 0.2) is 0 Å². The average molecular weight is 419 g/mol. The molecule has 0 aliphatic carbocycles. The van der Waals surface area contributed by atoms with Crippen LogP contribution in [-0.4, -0.2) is 40.6 Å². The van der Waals surface area contributed by atoms with E-state index in [1.54, 1.807) is 0 Å². The lowest BCUT2D eigenvalue weighted by Gasteiger charge is -2.27. The Balaban J connectivity index is 1.69. The molecule has 3 N–H and O–H groups in total. The van der Waals surface area contributed by atoms with Gasteiger partial charge >= 0.3 is 0 Å². The van der Waals surface area contributed by atoms with E-state index in [1.807, 2.05) is 54.6 Å². The molecule has 0 aromatic heterocycles. The molecule has 0 spiro atoms. The predicted molar refractivity (Wildman–Crippen MR) is 103 cm³/mol. The van der Waals surface area contributed by atoms with Gasteiger partial charge in [-0.3, -0.25) is 15.3 Å². The molecule has 0 saturated carbocycles. The molecule has 1 amide bonds. The first kappa shape index (κ1) is 19.0. The van der Waals surface area contributed by atoms with E-state index in [1.165, 1.54) is 0 Å². The first-order chi connectivity index (χ1) is 12.5. The van der Waals surface area contributed by atoms with E-state index >= 15 is 0 Å². The number of nitrogens with one attached hydrogen (secondary N) is 1. The number of aliphatic hydroxyl groups excluding tert-OH is 1. The number of hydroxylamine groups is 2. The zero-order chi connectivity index (χ0) is 18.5. The molecular weight excluding hydrogens is 396 g/mol. The molecule has 2 aromatic rings. The van der Waals surface area contributed by atoms with Crippen LogP contribution in [-0.2, 0) is 11.2 Å². The Morgan fingerprint density at radius 3 is 2.50 bits per heavy atom. The van der Waals surface area contributed by atoms with Crippen molar-refractivity contribution in [2.45, 2.75) is 25.0 Å². The van der Waals surface area contributed by atoms with Gasteiger partial charge in [-0.25, -0.2) is 5.06 Å².